The fourth-order valence-corrected chi connectivity index (χ4v) is 2.87. The first-order valence-corrected chi connectivity index (χ1v) is 7.20. The van der Waals surface area contributed by atoms with Crippen LogP contribution in [0.2, 0.25) is 0 Å². The molecule has 0 unspecified atom stereocenters. The molecule has 0 heterocycles. The predicted molar refractivity (Wildman–Crippen MR) is 69.9 cm³/mol. The molecule has 2 aliphatic rings. The van der Waals surface area contributed by atoms with E-state index >= 15 is 0 Å². The van der Waals surface area contributed by atoms with E-state index in [2.05, 4.69) is 13.8 Å². The average molecular weight is 286 g/mol. The second-order valence-electron chi connectivity index (χ2n) is 4.79. The van der Waals surface area contributed by atoms with Crippen LogP contribution in [0.4, 0.5) is 0 Å². The van der Waals surface area contributed by atoms with Gasteiger partial charge in [-0.2, -0.15) is 0 Å². The van der Waals surface area contributed by atoms with Crippen molar-refractivity contribution in [3.8, 4) is 11.1 Å². The van der Waals surface area contributed by atoms with Gasteiger partial charge in [-0.3, -0.25) is 0 Å². The molecule has 5 heteroatoms. The maximum absolute atomic E-state index is 11.2. The second-order valence-corrected chi connectivity index (χ2v) is 6.14. The number of hydrogen-bond acceptors (Lipinski definition) is 3. The summed E-state index contributed by atoms with van der Waals surface area (Å²) in [5.74, 6) is 0.356. The van der Waals surface area contributed by atoms with E-state index in [1.807, 2.05) is 25.1 Å². The van der Waals surface area contributed by atoms with Crippen molar-refractivity contribution < 1.29 is 42.5 Å². The van der Waals surface area contributed by atoms with Gasteiger partial charge in [-0.25, -0.2) is 8.42 Å². The van der Waals surface area contributed by atoms with Crippen LogP contribution in [0, 0.1) is 6.92 Å². The van der Waals surface area contributed by atoms with Crippen molar-refractivity contribution in [1.82, 2.24) is 0 Å². The molecule has 0 spiro atoms. The first-order chi connectivity index (χ1) is 8.30. The van der Waals surface area contributed by atoms with Crippen LogP contribution in [0.3, 0.4) is 0 Å². The zero-order chi connectivity index (χ0) is 13.5. The monoisotopic (exact) mass is 286 g/mol. The molecular formula is C14H15NaO3S. The van der Waals surface area contributed by atoms with Crippen LogP contribution in [0.1, 0.15) is 30.9 Å². The van der Waals surface area contributed by atoms with E-state index in [-0.39, 0.29) is 34.5 Å². The molecule has 0 aromatic rings. The molecule has 2 aliphatic carbocycles. The minimum absolute atomic E-state index is 0. The molecule has 0 N–H and O–H groups in total. The molecule has 0 saturated heterocycles. The topological polar surface area (TPSA) is 57.2 Å². The Kier molecular flexibility index (Phi) is 5.21. The van der Waals surface area contributed by atoms with Crippen molar-refractivity contribution in [3.05, 3.63) is 41.5 Å². The third-order valence-electron chi connectivity index (χ3n) is 3.15. The van der Waals surface area contributed by atoms with Crippen LogP contribution in [-0.2, 0) is 10.1 Å². The van der Waals surface area contributed by atoms with Gasteiger partial charge in [-0.1, -0.05) is 38.1 Å². The van der Waals surface area contributed by atoms with Gasteiger partial charge in [0, 0.05) is 0 Å². The number of aryl methyl sites for hydroxylation is 1. The minimum atomic E-state index is -4.42. The Hall–Kier alpha value is -0.390. The van der Waals surface area contributed by atoms with Crippen LogP contribution in [-0.4, -0.2) is 13.0 Å². The van der Waals surface area contributed by atoms with Crippen molar-refractivity contribution in [3.63, 3.8) is 0 Å². The molecule has 0 aromatic heterocycles. The summed E-state index contributed by atoms with van der Waals surface area (Å²) in [5, 5.41) is 0. The fourth-order valence-electron chi connectivity index (χ4n) is 2.10. The standard InChI is InChI=1S/C14H16O3S.Na/c1-9(2)11-4-6-12-10(3)8-14(18(15,16)17)13(12)7-5-11;/h4-9H,1-3H3,(H,15,16,17);/q;+1/p-1. The molecule has 0 atom stereocenters. The maximum Gasteiger partial charge on any atom is 1.00 e. The van der Waals surface area contributed by atoms with Crippen LogP contribution < -0.4 is 29.6 Å². The second kappa shape index (κ2) is 5.94. The van der Waals surface area contributed by atoms with Crippen LogP contribution in [0.15, 0.2) is 35.2 Å². The zero-order valence-electron chi connectivity index (χ0n) is 11.6. The van der Waals surface area contributed by atoms with Crippen molar-refractivity contribution in [1.29, 1.82) is 0 Å². The Labute approximate surface area is 136 Å². The van der Waals surface area contributed by atoms with Gasteiger partial charge < -0.3 is 4.55 Å². The number of fused-ring (bicyclic) bond motifs is 1. The van der Waals surface area contributed by atoms with Gasteiger partial charge >= 0.3 is 29.6 Å². The van der Waals surface area contributed by atoms with E-state index in [1.54, 1.807) is 6.07 Å². The van der Waals surface area contributed by atoms with Crippen molar-refractivity contribution in [2.75, 3.05) is 0 Å². The smallest absolute Gasteiger partial charge is 0.744 e. The van der Waals surface area contributed by atoms with Crippen molar-refractivity contribution in [2.24, 2.45) is 0 Å². The van der Waals surface area contributed by atoms with Gasteiger partial charge in [0.1, 0.15) is 10.1 Å². The quantitative estimate of drug-likeness (QED) is 0.582. The van der Waals surface area contributed by atoms with Gasteiger partial charge in [0.2, 0.25) is 0 Å². The molecule has 0 amide bonds. The molecule has 2 rings (SSSR count). The van der Waals surface area contributed by atoms with E-state index < -0.39 is 10.1 Å². The molecule has 0 aromatic carbocycles. The summed E-state index contributed by atoms with van der Waals surface area (Å²) in [4.78, 5) is -0.124. The summed E-state index contributed by atoms with van der Waals surface area (Å²) < 4.78 is 33.7. The molecule has 0 fully saturated rings. The number of hydrogen-bond donors (Lipinski definition) is 0. The average Bonchev–Trinajstić information content (AvgIpc) is 2.46. The molecule has 3 nitrogen and oxygen atoms in total. The Morgan fingerprint density at radius 3 is 2.05 bits per heavy atom. The van der Waals surface area contributed by atoms with Crippen LogP contribution >= 0.6 is 0 Å². The van der Waals surface area contributed by atoms with Crippen molar-refractivity contribution >= 4 is 10.1 Å². The van der Waals surface area contributed by atoms with Gasteiger partial charge in [-0.05, 0) is 41.2 Å². The zero-order valence-corrected chi connectivity index (χ0v) is 14.4. The fraction of sp³-hybridized carbons (Fsp3) is 0.286. The first-order valence-electron chi connectivity index (χ1n) is 5.80. The van der Waals surface area contributed by atoms with E-state index in [4.69, 9.17) is 0 Å². The molecule has 96 valence electrons. The van der Waals surface area contributed by atoms with Gasteiger partial charge in [0.15, 0.2) is 0 Å². The Balaban J connectivity index is 0.00000180. The van der Waals surface area contributed by atoms with E-state index in [9.17, 15) is 13.0 Å². The van der Waals surface area contributed by atoms with Crippen LogP contribution in [0.5, 0.6) is 0 Å². The van der Waals surface area contributed by atoms with Gasteiger partial charge in [-0.15, -0.1) is 0 Å². The Morgan fingerprint density at radius 2 is 1.58 bits per heavy atom. The summed E-state index contributed by atoms with van der Waals surface area (Å²) in [6, 6.07) is 8.90. The summed E-state index contributed by atoms with van der Waals surface area (Å²) in [6.45, 7) is 5.95. The van der Waals surface area contributed by atoms with E-state index in [0.29, 0.717) is 11.5 Å². The largest absolute Gasteiger partial charge is 1.00 e. The SMILES string of the molecule is Cc1cc(S(=O)(=O)[O-])c2ccc(C(C)C)ccc1-2.[Na+]. The van der Waals surface area contributed by atoms with Crippen LogP contribution in [0.25, 0.3) is 11.1 Å². The molecule has 0 saturated carbocycles. The van der Waals surface area contributed by atoms with E-state index in [0.717, 1.165) is 16.7 Å². The molecule has 0 radical (unpaired) electrons. The normalized spacial score (nSPS) is 11.6. The Bertz CT molecular complexity index is 663. The summed E-state index contributed by atoms with van der Waals surface area (Å²) in [6.07, 6.45) is 0. The van der Waals surface area contributed by atoms with Gasteiger partial charge in [0.05, 0.1) is 4.90 Å². The molecule has 19 heavy (non-hydrogen) atoms. The van der Waals surface area contributed by atoms with Gasteiger partial charge in [0.25, 0.3) is 0 Å². The Morgan fingerprint density at radius 1 is 1.05 bits per heavy atom. The van der Waals surface area contributed by atoms with E-state index in [1.165, 1.54) is 6.07 Å². The molecule has 0 bridgehead atoms. The summed E-state index contributed by atoms with van der Waals surface area (Å²) in [5.41, 5.74) is 3.25. The predicted octanol–water partition coefficient (Wildman–Crippen LogP) is 0.131. The molecular weight excluding hydrogens is 271 g/mol. The maximum atomic E-state index is 11.2. The van der Waals surface area contributed by atoms with Crippen molar-refractivity contribution in [2.45, 2.75) is 31.6 Å². The number of rotatable bonds is 2. The minimum Gasteiger partial charge on any atom is -0.744 e. The third kappa shape index (κ3) is 3.38. The molecule has 0 aliphatic heterocycles. The first kappa shape index (κ1) is 16.7. The summed E-state index contributed by atoms with van der Waals surface area (Å²) >= 11 is 0. The summed E-state index contributed by atoms with van der Waals surface area (Å²) in [7, 11) is -4.42. The third-order valence-corrected chi connectivity index (χ3v) is 4.03.